The van der Waals surface area contributed by atoms with Crippen LogP contribution in [0.25, 0.3) is 0 Å². The van der Waals surface area contributed by atoms with Crippen molar-refractivity contribution in [2.24, 2.45) is 5.73 Å². The molecule has 1 aromatic heterocycles. The van der Waals surface area contributed by atoms with E-state index in [1.54, 1.807) is 13.3 Å². The maximum atomic E-state index is 6.67. The van der Waals surface area contributed by atoms with Crippen molar-refractivity contribution in [1.29, 1.82) is 0 Å². The Morgan fingerprint density at radius 2 is 2.00 bits per heavy atom. The van der Waals surface area contributed by atoms with E-state index in [0.717, 1.165) is 37.5 Å². The van der Waals surface area contributed by atoms with Crippen LogP contribution >= 0.6 is 0 Å². The van der Waals surface area contributed by atoms with Gasteiger partial charge in [0.05, 0.1) is 25.0 Å². The molecule has 1 saturated heterocycles. The minimum absolute atomic E-state index is 0.0980. The number of nitrogens with two attached hydrogens (primary N) is 1. The highest BCUT2D eigenvalue weighted by Crippen LogP contribution is 2.35. The number of rotatable bonds is 6. The lowest BCUT2D eigenvalue weighted by Gasteiger charge is -2.44. The Morgan fingerprint density at radius 3 is 2.57 bits per heavy atom. The van der Waals surface area contributed by atoms with E-state index in [1.165, 1.54) is 19.3 Å². The van der Waals surface area contributed by atoms with Crippen LogP contribution in [0.5, 0.6) is 5.75 Å². The molecule has 0 aliphatic carbocycles. The topological polar surface area (TPSA) is 56.3 Å². The zero-order valence-electron chi connectivity index (χ0n) is 13.9. The lowest BCUT2D eigenvalue weighted by molar-refractivity contribution is 0.0696. The molecule has 5 heteroatoms. The average molecular weight is 294 g/mol. The standard InChI is InChI=1S/C16H30N4O/c1-5-9-20-14(13(21-4)12-18-20)15(17)16(2,3)19-10-7-6-8-11-19/h12,15H,5-11,17H2,1-4H3. The van der Waals surface area contributed by atoms with Crippen LogP contribution in [0.2, 0.25) is 0 Å². The van der Waals surface area contributed by atoms with E-state index in [4.69, 9.17) is 10.5 Å². The molecule has 0 amide bonds. The number of aromatic nitrogens is 2. The fourth-order valence-corrected chi connectivity index (χ4v) is 3.24. The lowest BCUT2D eigenvalue weighted by atomic mass is 9.88. The van der Waals surface area contributed by atoms with Gasteiger partial charge in [-0.2, -0.15) is 5.10 Å². The van der Waals surface area contributed by atoms with E-state index in [2.05, 4.69) is 30.8 Å². The Balaban J connectivity index is 2.28. The Labute approximate surface area is 128 Å². The van der Waals surface area contributed by atoms with Crippen LogP contribution < -0.4 is 10.5 Å². The first-order chi connectivity index (χ1) is 10.0. The highest BCUT2D eigenvalue weighted by Gasteiger charge is 2.38. The van der Waals surface area contributed by atoms with Crippen molar-refractivity contribution >= 4 is 0 Å². The van der Waals surface area contributed by atoms with Crippen LogP contribution in [0.4, 0.5) is 0 Å². The van der Waals surface area contributed by atoms with E-state index < -0.39 is 0 Å². The molecule has 0 saturated carbocycles. The third kappa shape index (κ3) is 3.24. The molecule has 5 nitrogen and oxygen atoms in total. The number of methoxy groups -OCH3 is 1. The average Bonchev–Trinajstić information content (AvgIpc) is 2.90. The molecule has 0 bridgehead atoms. The zero-order valence-corrected chi connectivity index (χ0v) is 13.9. The molecule has 1 unspecified atom stereocenters. The smallest absolute Gasteiger partial charge is 0.161 e. The fourth-order valence-electron chi connectivity index (χ4n) is 3.24. The van der Waals surface area contributed by atoms with E-state index >= 15 is 0 Å². The number of hydrogen-bond acceptors (Lipinski definition) is 4. The molecule has 2 N–H and O–H groups in total. The first kappa shape index (κ1) is 16.3. The fraction of sp³-hybridized carbons (Fsp3) is 0.812. The SMILES string of the molecule is CCCn1ncc(OC)c1C(N)C(C)(C)N1CCCCC1. The first-order valence-electron chi connectivity index (χ1n) is 8.12. The van der Waals surface area contributed by atoms with E-state index in [-0.39, 0.29) is 11.6 Å². The molecule has 0 spiro atoms. The van der Waals surface area contributed by atoms with Gasteiger partial charge >= 0.3 is 0 Å². The summed E-state index contributed by atoms with van der Waals surface area (Å²) < 4.78 is 7.50. The lowest BCUT2D eigenvalue weighted by Crippen LogP contribution is -2.53. The molecule has 1 atom stereocenters. The first-order valence-corrected chi connectivity index (χ1v) is 8.12. The predicted octanol–water partition coefficient (Wildman–Crippen LogP) is 2.57. The van der Waals surface area contributed by atoms with Gasteiger partial charge in [0.2, 0.25) is 0 Å². The van der Waals surface area contributed by atoms with Crippen molar-refractivity contribution < 1.29 is 4.74 Å². The van der Waals surface area contributed by atoms with Crippen molar-refractivity contribution in [3.63, 3.8) is 0 Å². The van der Waals surface area contributed by atoms with Crippen LogP contribution in [-0.2, 0) is 6.54 Å². The van der Waals surface area contributed by atoms with Crippen molar-refractivity contribution in [3.05, 3.63) is 11.9 Å². The number of aryl methyl sites for hydroxylation is 1. The predicted molar refractivity (Wildman–Crippen MR) is 85.5 cm³/mol. The summed E-state index contributed by atoms with van der Waals surface area (Å²) in [7, 11) is 1.69. The van der Waals surface area contributed by atoms with E-state index in [0.29, 0.717) is 0 Å². The third-order valence-electron chi connectivity index (χ3n) is 4.73. The molecule has 120 valence electrons. The molecule has 1 fully saturated rings. The number of hydrogen-bond donors (Lipinski definition) is 1. The van der Waals surface area contributed by atoms with Gasteiger partial charge in [-0.25, -0.2) is 0 Å². The van der Waals surface area contributed by atoms with Crippen LogP contribution in [0.1, 0.15) is 58.2 Å². The van der Waals surface area contributed by atoms with Crippen molar-refractivity contribution in [3.8, 4) is 5.75 Å². The largest absolute Gasteiger partial charge is 0.493 e. The summed E-state index contributed by atoms with van der Waals surface area (Å²) in [4.78, 5) is 2.52. The number of nitrogens with zero attached hydrogens (tertiary/aromatic N) is 3. The molecule has 1 aliphatic heterocycles. The van der Waals surface area contributed by atoms with Crippen molar-refractivity contribution in [2.75, 3.05) is 20.2 Å². The van der Waals surface area contributed by atoms with Crippen LogP contribution in [0.15, 0.2) is 6.20 Å². The van der Waals surface area contributed by atoms with Gasteiger partial charge in [0.1, 0.15) is 0 Å². The molecule has 0 aromatic carbocycles. The zero-order chi connectivity index (χ0) is 15.5. The molecule has 1 aliphatic rings. The monoisotopic (exact) mass is 294 g/mol. The van der Waals surface area contributed by atoms with Crippen molar-refractivity contribution in [2.45, 2.75) is 64.6 Å². The van der Waals surface area contributed by atoms with Crippen molar-refractivity contribution in [1.82, 2.24) is 14.7 Å². The van der Waals surface area contributed by atoms with Crippen LogP contribution in [-0.4, -0.2) is 40.4 Å². The highest BCUT2D eigenvalue weighted by molar-refractivity contribution is 5.30. The van der Waals surface area contributed by atoms with Gasteiger partial charge in [-0.1, -0.05) is 13.3 Å². The molecular weight excluding hydrogens is 264 g/mol. The maximum absolute atomic E-state index is 6.67. The molecule has 21 heavy (non-hydrogen) atoms. The minimum Gasteiger partial charge on any atom is -0.493 e. The molecular formula is C16H30N4O. The summed E-state index contributed by atoms with van der Waals surface area (Å²) in [5.74, 6) is 0.807. The van der Waals surface area contributed by atoms with Gasteiger partial charge in [0.15, 0.2) is 5.75 Å². The van der Waals surface area contributed by atoms with Gasteiger partial charge in [0, 0.05) is 12.1 Å². The Kier molecular flexibility index (Phi) is 5.27. The minimum atomic E-state index is -0.111. The van der Waals surface area contributed by atoms with Gasteiger partial charge in [-0.05, 0) is 46.2 Å². The van der Waals surface area contributed by atoms with E-state index in [1.807, 2.05) is 4.68 Å². The second-order valence-electron chi connectivity index (χ2n) is 6.50. The second-order valence-corrected chi connectivity index (χ2v) is 6.50. The normalized spacial score (nSPS) is 18.7. The summed E-state index contributed by atoms with van der Waals surface area (Å²) in [6.07, 6.45) is 6.69. The number of ether oxygens (including phenoxy) is 1. The Bertz CT molecular complexity index is 449. The van der Waals surface area contributed by atoms with E-state index in [9.17, 15) is 0 Å². The van der Waals surface area contributed by atoms with Gasteiger partial charge < -0.3 is 10.5 Å². The quantitative estimate of drug-likeness (QED) is 0.876. The summed E-state index contributed by atoms with van der Waals surface area (Å²) in [6, 6.07) is -0.111. The summed E-state index contributed by atoms with van der Waals surface area (Å²) in [5, 5.41) is 4.45. The Hall–Kier alpha value is -1.07. The summed E-state index contributed by atoms with van der Waals surface area (Å²) >= 11 is 0. The highest BCUT2D eigenvalue weighted by atomic mass is 16.5. The van der Waals surface area contributed by atoms with Crippen LogP contribution in [0.3, 0.4) is 0 Å². The summed E-state index contributed by atoms with van der Waals surface area (Å²) in [6.45, 7) is 9.77. The summed E-state index contributed by atoms with van der Waals surface area (Å²) in [5.41, 5.74) is 7.60. The Morgan fingerprint density at radius 1 is 1.33 bits per heavy atom. The number of likely N-dealkylation sites (tertiary alicyclic amines) is 1. The van der Waals surface area contributed by atoms with Crippen LogP contribution in [0, 0.1) is 0 Å². The number of piperidine rings is 1. The molecule has 2 heterocycles. The molecule has 2 rings (SSSR count). The van der Waals surface area contributed by atoms with Gasteiger partial charge in [0.25, 0.3) is 0 Å². The molecule has 1 aromatic rings. The van der Waals surface area contributed by atoms with Gasteiger partial charge in [-0.3, -0.25) is 9.58 Å². The maximum Gasteiger partial charge on any atom is 0.161 e. The van der Waals surface area contributed by atoms with Gasteiger partial charge in [-0.15, -0.1) is 0 Å². The second kappa shape index (κ2) is 6.79. The third-order valence-corrected chi connectivity index (χ3v) is 4.73. The molecule has 0 radical (unpaired) electrons.